The fourth-order valence-corrected chi connectivity index (χ4v) is 1.90. The Labute approximate surface area is 154 Å². The molecule has 0 heterocycles. The predicted octanol–water partition coefficient (Wildman–Crippen LogP) is 4.59. The van der Waals surface area contributed by atoms with E-state index in [0.717, 1.165) is 12.6 Å². The molecule has 0 saturated heterocycles. The molecule has 0 amide bonds. The normalized spacial score (nSPS) is 14.1. The minimum atomic E-state index is -4.25. The van der Waals surface area contributed by atoms with Crippen LogP contribution >= 0.6 is 20.7 Å². The fraction of sp³-hybridized carbons (Fsp3) is 0.625. The average molecular weight is 406 g/mol. The smallest absolute Gasteiger partial charge is 0.326 e. The summed E-state index contributed by atoms with van der Waals surface area (Å²) in [6.45, 7) is 4.76. The standard InChI is InChI=1S/C12H16F3N.C4H8.ClH.H3O3P/c1-3-16-9(2)7-10-5-4-6-11(8-10)12(13,14)15;1-2-4-3-1;;1-4(2)3/h4-6,8-9,16H,3,7H2,1-2H3;1-4H2;1H;4H,(H2,1,2,3). The van der Waals surface area contributed by atoms with Crippen molar-refractivity contribution >= 4 is 20.7 Å². The van der Waals surface area contributed by atoms with E-state index in [1.165, 1.54) is 37.8 Å². The van der Waals surface area contributed by atoms with Gasteiger partial charge in [0.25, 0.3) is 0 Å². The minimum absolute atomic E-state index is 0. The second-order valence-corrected chi connectivity index (χ2v) is 6.12. The molecule has 1 aromatic carbocycles. The largest absolute Gasteiger partial charge is 0.416 e. The molecule has 1 saturated carbocycles. The summed E-state index contributed by atoms with van der Waals surface area (Å²) in [5.74, 6) is 0. The van der Waals surface area contributed by atoms with Crippen molar-refractivity contribution in [2.75, 3.05) is 6.54 Å². The molecule has 9 heteroatoms. The number of rotatable bonds is 4. The van der Waals surface area contributed by atoms with Gasteiger partial charge in [-0.15, -0.1) is 12.4 Å². The lowest BCUT2D eigenvalue weighted by Crippen LogP contribution is -2.27. The molecule has 0 aromatic heterocycles. The molecule has 1 aliphatic carbocycles. The lowest BCUT2D eigenvalue weighted by molar-refractivity contribution is -0.137. The molecule has 0 spiro atoms. The van der Waals surface area contributed by atoms with Crippen molar-refractivity contribution in [3.05, 3.63) is 35.4 Å². The maximum absolute atomic E-state index is 12.4. The highest BCUT2D eigenvalue weighted by Crippen LogP contribution is 2.29. The van der Waals surface area contributed by atoms with E-state index in [4.69, 9.17) is 14.4 Å². The number of likely N-dealkylation sites (N-methyl/N-ethyl adjacent to an activating group) is 1. The number of benzene rings is 1. The van der Waals surface area contributed by atoms with Crippen LogP contribution in [0.5, 0.6) is 0 Å². The first kappa shape index (κ1) is 26.6. The molecule has 0 radical (unpaired) electrons. The van der Waals surface area contributed by atoms with Gasteiger partial charge in [-0.05, 0) is 31.5 Å². The van der Waals surface area contributed by atoms with Gasteiger partial charge in [0.15, 0.2) is 0 Å². The van der Waals surface area contributed by atoms with E-state index >= 15 is 0 Å². The zero-order chi connectivity index (χ0) is 18.6. The fourth-order valence-electron chi connectivity index (χ4n) is 1.90. The van der Waals surface area contributed by atoms with Gasteiger partial charge in [0.2, 0.25) is 0 Å². The van der Waals surface area contributed by atoms with Crippen LogP contribution in [0.2, 0.25) is 0 Å². The molecule has 1 aromatic rings. The van der Waals surface area contributed by atoms with Gasteiger partial charge >= 0.3 is 14.4 Å². The highest BCUT2D eigenvalue weighted by Gasteiger charge is 2.30. The Hall–Kier alpha value is -0.590. The van der Waals surface area contributed by atoms with Crippen molar-refractivity contribution in [2.45, 2.75) is 58.2 Å². The van der Waals surface area contributed by atoms with E-state index in [1.54, 1.807) is 6.07 Å². The summed E-state index contributed by atoms with van der Waals surface area (Å²) in [5.41, 5.74) is 0.136. The highest BCUT2D eigenvalue weighted by atomic mass is 35.5. The first-order chi connectivity index (χ1) is 11.2. The minimum Gasteiger partial charge on any atom is -0.326 e. The summed E-state index contributed by atoms with van der Waals surface area (Å²) in [5, 5.41) is 3.17. The van der Waals surface area contributed by atoms with E-state index in [-0.39, 0.29) is 18.4 Å². The van der Waals surface area contributed by atoms with Gasteiger partial charge in [-0.1, -0.05) is 50.8 Å². The number of halogens is 4. The predicted molar refractivity (Wildman–Crippen MR) is 97.4 cm³/mol. The summed E-state index contributed by atoms with van der Waals surface area (Å²) in [6, 6.07) is 5.68. The van der Waals surface area contributed by atoms with E-state index in [0.29, 0.717) is 12.0 Å². The second kappa shape index (κ2) is 14.6. The molecular formula is C16H28ClF3NO3P. The second-order valence-electron chi connectivity index (χ2n) is 5.56. The third-order valence-corrected chi connectivity index (χ3v) is 3.35. The van der Waals surface area contributed by atoms with Gasteiger partial charge < -0.3 is 15.1 Å². The Bertz CT molecular complexity index is 478. The number of hydrogen-bond donors (Lipinski definition) is 3. The number of alkyl halides is 3. The van der Waals surface area contributed by atoms with Gasteiger partial charge in [-0.3, -0.25) is 4.57 Å². The number of nitrogens with one attached hydrogen (secondary N) is 1. The summed E-state index contributed by atoms with van der Waals surface area (Å²) in [7, 11) is -3.13. The van der Waals surface area contributed by atoms with E-state index in [9.17, 15) is 13.2 Å². The average Bonchev–Trinajstić information content (AvgIpc) is 2.35. The molecule has 0 bridgehead atoms. The Kier molecular flexibility index (Phi) is 15.5. The van der Waals surface area contributed by atoms with E-state index in [1.807, 2.05) is 13.8 Å². The van der Waals surface area contributed by atoms with Crippen LogP contribution in [-0.2, 0) is 17.2 Å². The van der Waals surface area contributed by atoms with Crippen molar-refractivity contribution in [1.29, 1.82) is 0 Å². The zero-order valence-electron chi connectivity index (χ0n) is 14.5. The van der Waals surface area contributed by atoms with Crippen LogP contribution in [0.3, 0.4) is 0 Å². The first-order valence-electron chi connectivity index (χ1n) is 7.98. The molecule has 1 aliphatic rings. The molecular weight excluding hydrogens is 378 g/mol. The van der Waals surface area contributed by atoms with Crippen LogP contribution in [0.1, 0.15) is 50.7 Å². The molecule has 0 aliphatic heterocycles. The lowest BCUT2D eigenvalue weighted by Gasteiger charge is -2.13. The van der Waals surface area contributed by atoms with Crippen LogP contribution < -0.4 is 5.32 Å². The molecule has 1 unspecified atom stereocenters. The molecule has 3 N–H and O–H groups in total. The van der Waals surface area contributed by atoms with Crippen molar-refractivity contribution < 1.29 is 27.5 Å². The number of hydrogen-bond acceptors (Lipinski definition) is 2. The Morgan fingerprint density at radius 3 is 2.04 bits per heavy atom. The van der Waals surface area contributed by atoms with Crippen molar-refractivity contribution in [3.8, 4) is 0 Å². The molecule has 4 nitrogen and oxygen atoms in total. The highest BCUT2D eigenvalue weighted by molar-refractivity contribution is 7.30. The Morgan fingerprint density at radius 1 is 1.20 bits per heavy atom. The molecule has 148 valence electrons. The molecule has 1 fully saturated rings. The van der Waals surface area contributed by atoms with Crippen LogP contribution in [0.15, 0.2) is 24.3 Å². The Morgan fingerprint density at radius 2 is 1.68 bits per heavy atom. The summed E-state index contributed by atoms with van der Waals surface area (Å²) < 4.78 is 46.1. The van der Waals surface area contributed by atoms with Gasteiger partial charge in [-0.25, -0.2) is 0 Å². The third kappa shape index (κ3) is 15.4. The van der Waals surface area contributed by atoms with E-state index in [2.05, 4.69) is 5.32 Å². The van der Waals surface area contributed by atoms with Crippen molar-refractivity contribution in [3.63, 3.8) is 0 Å². The summed E-state index contributed by atoms with van der Waals surface area (Å²) in [4.78, 5) is 14.3. The SMILES string of the molecule is C1CCC1.CCNC(C)Cc1cccc(C(F)(F)F)c1.Cl.O=[PH](O)O. The Balaban J connectivity index is 0. The zero-order valence-corrected chi connectivity index (χ0v) is 16.3. The maximum Gasteiger partial charge on any atom is 0.416 e. The van der Waals surface area contributed by atoms with Gasteiger partial charge in [0.05, 0.1) is 5.56 Å². The van der Waals surface area contributed by atoms with E-state index < -0.39 is 20.0 Å². The van der Waals surface area contributed by atoms with Crippen LogP contribution in [0, 0.1) is 0 Å². The van der Waals surface area contributed by atoms with Crippen LogP contribution in [0.25, 0.3) is 0 Å². The summed E-state index contributed by atoms with van der Waals surface area (Å²) in [6.07, 6.45) is 2.36. The first-order valence-corrected chi connectivity index (χ1v) is 9.28. The van der Waals surface area contributed by atoms with Gasteiger partial charge in [0, 0.05) is 6.04 Å². The quantitative estimate of drug-likeness (QED) is 0.641. The van der Waals surface area contributed by atoms with Gasteiger partial charge in [0.1, 0.15) is 0 Å². The molecule has 25 heavy (non-hydrogen) atoms. The topological polar surface area (TPSA) is 69.6 Å². The monoisotopic (exact) mass is 405 g/mol. The maximum atomic E-state index is 12.4. The van der Waals surface area contributed by atoms with Crippen LogP contribution in [0.4, 0.5) is 13.2 Å². The third-order valence-electron chi connectivity index (χ3n) is 3.35. The lowest BCUT2D eigenvalue weighted by atomic mass is 10.0. The molecule has 2 rings (SSSR count). The van der Waals surface area contributed by atoms with Crippen molar-refractivity contribution in [2.24, 2.45) is 0 Å². The van der Waals surface area contributed by atoms with Gasteiger partial charge in [-0.2, -0.15) is 13.2 Å². The van der Waals surface area contributed by atoms with Crippen LogP contribution in [-0.4, -0.2) is 22.4 Å². The molecule has 1 atom stereocenters. The van der Waals surface area contributed by atoms with Crippen molar-refractivity contribution in [1.82, 2.24) is 5.32 Å². The summed E-state index contributed by atoms with van der Waals surface area (Å²) >= 11 is 0.